The van der Waals surface area contributed by atoms with Gasteiger partial charge in [-0.3, -0.25) is 14.9 Å². The number of hydrogen-bond donors (Lipinski definition) is 1. The van der Waals surface area contributed by atoms with E-state index in [4.69, 9.17) is 0 Å². The second kappa shape index (κ2) is 5.10. The topological polar surface area (TPSA) is 101 Å². The molecular weight excluding hydrogens is 264 g/mol. The number of nitrogens with zero attached hydrogens (tertiary/aromatic N) is 4. The molecule has 2 atom stereocenters. The van der Waals surface area contributed by atoms with Gasteiger partial charge < -0.3 is 10.0 Å². The van der Waals surface area contributed by atoms with Crippen molar-refractivity contribution in [1.29, 1.82) is 0 Å². The van der Waals surface area contributed by atoms with Gasteiger partial charge in [-0.2, -0.15) is 5.10 Å². The van der Waals surface area contributed by atoms with Crippen molar-refractivity contribution in [3.05, 3.63) is 15.8 Å². The Kier molecular flexibility index (Phi) is 3.65. The highest BCUT2D eigenvalue weighted by atomic mass is 16.6. The van der Waals surface area contributed by atoms with E-state index in [2.05, 4.69) is 5.10 Å². The van der Waals surface area contributed by atoms with E-state index in [1.165, 1.54) is 0 Å². The number of rotatable bonds is 4. The number of carbonyl (C=O) groups is 1. The van der Waals surface area contributed by atoms with Gasteiger partial charge in [0.1, 0.15) is 5.69 Å². The van der Waals surface area contributed by atoms with Crippen LogP contribution in [0.15, 0.2) is 0 Å². The Morgan fingerprint density at radius 1 is 1.55 bits per heavy atom. The van der Waals surface area contributed by atoms with Gasteiger partial charge in [0.2, 0.25) is 5.82 Å². The third kappa shape index (κ3) is 2.21. The zero-order valence-corrected chi connectivity index (χ0v) is 11.7. The molecule has 0 radical (unpaired) electrons. The summed E-state index contributed by atoms with van der Waals surface area (Å²) in [5.41, 5.74) is 0.336. The van der Waals surface area contributed by atoms with E-state index in [1.807, 2.05) is 13.8 Å². The number of anilines is 1. The molecule has 110 valence electrons. The van der Waals surface area contributed by atoms with E-state index >= 15 is 0 Å². The van der Waals surface area contributed by atoms with E-state index in [0.29, 0.717) is 24.6 Å². The molecule has 1 aliphatic heterocycles. The normalized spacial score (nSPS) is 22.2. The number of aliphatic carboxylic acids is 1. The van der Waals surface area contributed by atoms with Gasteiger partial charge in [0.05, 0.1) is 10.8 Å². The molecule has 20 heavy (non-hydrogen) atoms. The summed E-state index contributed by atoms with van der Waals surface area (Å²) in [6.45, 7) is 6.58. The molecule has 1 aromatic heterocycles. The van der Waals surface area contributed by atoms with Crippen LogP contribution < -0.4 is 4.90 Å². The number of nitro groups is 1. The first-order valence-corrected chi connectivity index (χ1v) is 6.56. The molecule has 8 heteroatoms. The van der Waals surface area contributed by atoms with Gasteiger partial charge in [0.25, 0.3) is 0 Å². The summed E-state index contributed by atoms with van der Waals surface area (Å²) in [6.07, 6.45) is 0. The lowest BCUT2D eigenvalue weighted by Gasteiger charge is -2.18. The predicted molar refractivity (Wildman–Crippen MR) is 71.8 cm³/mol. The highest BCUT2D eigenvalue weighted by Crippen LogP contribution is 2.36. The minimum Gasteiger partial charge on any atom is -0.481 e. The maximum atomic E-state index is 11.2. The maximum Gasteiger partial charge on any atom is 0.333 e. The smallest absolute Gasteiger partial charge is 0.333 e. The van der Waals surface area contributed by atoms with Crippen molar-refractivity contribution < 1.29 is 14.8 Å². The summed E-state index contributed by atoms with van der Waals surface area (Å²) < 4.78 is 1.57. The molecule has 2 heterocycles. The summed E-state index contributed by atoms with van der Waals surface area (Å²) in [5.74, 6) is -0.990. The van der Waals surface area contributed by atoms with E-state index in [9.17, 15) is 20.0 Å². The Hall–Kier alpha value is -2.12. The van der Waals surface area contributed by atoms with Gasteiger partial charge in [-0.1, -0.05) is 6.92 Å². The molecule has 1 N–H and O–H groups in total. The number of hydrogen-bond acceptors (Lipinski definition) is 5. The van der Waals surface area contributed by atoms with Crippen LogP contribution in [0.3, 0.4) is 0 Å². The van der Waals surface area contributed by atoms with Crippen molar-refractivity contribution in [2.24, 2.45) is 11.8 Å². The van der Waals surface area contributed by atoms with Crippen LogP contribution in [-0.2, 0) is 11.3 Å². The fourth-order valence-corrected chi connectivity index (χ4v) is 2.77. The fourth-order valence-electron chi connectivity index (χ4n) is 2.77. The first-order chi connectivity index (χ1) is 9.36. The van der Waals surface area contributed by atoms with Crippen LogP contribution >= 0.6 is 0 Å². The van der Waals surface area contributed by atoms with Gasteiger partial charge in [-0.25, -0.2) is 4.68 Å². The molecule has 0 spiro atoms. The second-order valence-corrected chi connectivity index (χ2v) is 5.16. The molecule has 1 aromatic rings. The minimum atomic E-state index is -0.859. The Morgan fingerprint density at radius 2 is 2.20 bits per heavy atom. The molecule has 1 fully saturated rings. The predicted octanol–water partition coefficient (Wildman–Crippen LogP) is 1.28. The largest absolute Gasteiger partial charge is 0.481 e. The molecule has 1 saturated heterocycles. The van der Waals surface area contributed by atoms with Gasteiger partial charge in [0, 0.05) is 19.6 Å². The third-order valence-corrected chi connectivity index (χ3v) is 3.78. The molecule has 8 nitrogen and oxygen atoms in total. The SMILES string of the molecule is CCn1nc(C)c([N+](=O)[O-])c1N1C[C@@H](C)[C@H](C(=O)O)C1. The number of aryl methyl sites for hydroxylation is 2. The monoisotopic (exact) mass is 282 g/mol. The lowest BCUT2D eigenvalue weighted by atomic mass is 9.99. The van der Waals surface area contributed by atoms with E-state index in [1.54, 1.807) is 16.5 Å². The minimum absolute atomic E-state index is 0.0231. The van der Waals surface area contributed by atoms with Crippen LogP contribution in [0.2, 0.25) is 0 Å². The molecule has 0 saturated carbocycles. The second-order valence-electron chi connectivity index (χ2n) is 5.16. The zero-order valence-electron chi connectivity index (χ0n) is 11.7. The molecular formula is C12H18N4O4. The molecule has 0 aliphatic carbocycles. The Labute approximate surface area is 116 Å². The summed E-state index contributed by atoms with van der Waals surface area (Å²) in [5, 5.41) is 24.6. The Balaban J connectivity index is 2.43. The Morgan fingerprint density at radius 3 is 2.65 bits per heavy atom. The quantitative estimate of drug-likeness (QED) is 0.659. The van der Waals surface area contributed by atoms with Crippen LogP contribution in [0.1, 0.15) is 19.5 Å². The molecule has 1 aliphatic rings. The van der Waals surface area contributed by atoms with Crippen molar-refractivity contribution in [3.63, 3.8) is 0 Å². The van der Waals surface area contributed by atoms with Crippen LogP contribution in [0, 0.1) is 28.9 Å². The lowest BCUT2D eigenvalue weighted by Crippen LogP contribution is -2.25. The fraction of sp³-hybridized carbons (Fsp3) is 0.667. The van der Waals surface area contributed by atoms with Crippen molar-refractivity contribution >= 4 is 17.5 Å². The number of carboxylic acids is 1. The first kappa shape index (κ1) is 14.3. The lowest BCUT2D eigenvalue weighted by molar-refractivity contribution is -0.384. The maximum absolute atomic E-state index is 11.2. The molecule has 0 aromatic carbocycles. The van der Waals surface area contributed by atoms with Crippen molar-refractivity contribution in [3.8, 4) is 0 Å². The van der Waals surface area contributed by atoms with Crippen LogP contribution in [0.25, 0.3) is 0 Å². The number of aromatic nitrogens is 2. The van der Waals surface area contributed by atoms with Crippen LogP contribution in [0.4, 0.5) is 11.5 Å². The molecule has 0 amide bonds. The van der Waals surface area contributed by atoms with Crippen LogP contribution in [-0.4, -0.2) is 38.9 Å². The van der Waals surface area contributed by atoms with Gasteiger partial charge in [-0.05, 0) is 19.8 Å². The summed E-state index contributed by atoms with van der Waals surface area (Å²) >= 11 is 0. The van der Waals surface area contributed by atoms with E-state index < -0.39 is 16.8 Å². The van der Waals surface area contributed by atoms with Gasteiger partial charge in [0.15, 0.2) is 0 Å². The van der Waals surface area contributed by atoms with E-state index in [-0.39, 0.29) is 18.2 Å². The van der Waals surface area contributed by atoms with Gasteiger partial charge in [-0.15, -0.1) is 0 Å². The molecule has 2 rings (SSSR count). The Bertz CT molecular complexity index is 554. The molecule has 0 bridgehead atoms. The van der Waals surface area contributed by atoms with Gasteiger partial charge >= 0.3 is 11.7 Å². The third-order valence-electron chi connectivity index (χ3n) is 3.78. The summed E-state index contributed by atoms with van der Waals surface area (Å²) in [4.78, 5) is 23.7. The number of carboxylic acid groups (broad SMARTS) is 1. The van der Waals surface area contributed by atoms with Crippen molar-refractivity contribution in [2.75, 3.05) is 18.0 Å². The average molecular weight is 282 g/mol. The first-order valence-electron chi connectivity index (χ1n) is 6.56. The van der Waals surface area contributed by atoms with Crippen molar-refractivity contribution in [2.45, 2.75) is 27.3 Å². The summed E-state index contributed by atoms with van der Waals surface area (Å²) in [7, 11) is 0. The standard InChI is InChI=1S/C12H18N4O4/c1-4-15-11(10(16(19)20)8(3)13-15)14-5-7(2)9(6-14)12(17)18/h7,9H,4-6H2,1-3H3,(H,17,18)/t7-,9-/m1/s1. The highest BCUT2D eigenvalue weighted by molar-refractivity contribution is 5.73. The summed E-state index contributed by atoms with van der Waals surface area (Å²) in [6, 6.07) is 0. The van der Waals surface area contributed by atoms with E-state index in [0.717, 1.165) is 0 Å². The molecule has 0 unspecified atom stereocenters. The van der Waals surface area contributed by atoms with Crippen LogP contribution in [0.5, 0.6) is 0 Å². The zero-order chi connectivity index (χ0) is 15.0. The van der Waals surface area contributed by atoms with Crippen molar-refractivity contribution in [1.82, 2.24) is 9.78 Å². The average Bonchev–Trinajstić information content (AvgIpc) is 2.89. The highest BCUT2D eigenvalue weighted by Gasteiger charge is 2.39.